The van der Waals surface area contributed by atoms with Crippen LogP contribution in [-0.4, -0.2) is 27.5 Å². The summed E-state index contributed by atoms with van der Waals surface area (Å²) in [5, 5.41) is 12.3. The average Bonchev–Trinajstić information content (AvgIpc) is 2.33. The fraction of sp³-hybridized carbons (Fsp3) is 0.429. The summed E-state index contributed by atoms with van der Waals surface area (Å²) in [6.45, 7) is 6.00. The topological polar surface area (TPSA) is 66.4 Å². The first kappa shape index (κ1) is 16.9. The van der Waals surface area contributed by atoms with E-state index >= 15 is 0 Å². The number of aliphatic carboxylic acids is 1. The molecule has 1 rings (SSSR count). The number of halogens is 1. The van der Waals surface area contributed by atoms with Crippen LogP contribution >= 0.6 is 23.4 Å². The van der Waals surface area contributed by atoms with Gasteiger partial charge in [0.2, 0.25) is 5.91 Å². The van der Waals surface area contributed by atoms with E-state index in [-0.39, 0.29) is 16.4 Å². The maximum atomic E-state index is 11.8. The Kier molecular flexibility index (Phi) is 5.89. The van der Waals surface area contributed by atoms with Crippen LogP contribution in [0.2, 0.25) is 5.02 Å². The number of carboxylic acids is 1. The molecule has 1 aromatic carbocycles. The normalized spacial score (nSPS) is 12.8. The lowest BCUT2D eigenvalue weighted by Crippen LogP contribution is -2.35. The van der Waals surface area contributed by atoms with Gasteiger partial charge >= 0.3 is 5.97 Å². The van der Waals surface area contributed by atoms with E-state index in [1.165, 1.54) is 11.8 Å². The predicted octanol–water partition coefficient (Wildman–Crippen LogP) is 3.11. The van der Waals surface area contributed by atoms with Gasteiger partial charge in [-0.15, -0.1) is 11.8 Å². The molecule has 0 aliphatic carbocycles. The molecular formula is C14H18ClNO3S. The number of hydrogen-bond acceptors (Lipinski definition) is 3. The molecule has 2 N–H and O–H groups in total. The first-order valence-electron chi connectivity index (χ1n) is 6.10. The van der Waals surface area contributed by atoms with Crippen molar-refractivity contribution in [2.45, 2.75) is 31.6 Å². The van der Waals surface area contributed by atoms with Crippen LogP contribution in [0.5, 0.6) is 0 Å². The highest BCUT2D eigenvalue weighted by Crippen LogP contribution is 2.23. The van der Waals surface area contributed by atoms with E-state index in [0.717, 1.165) is 0 Å². The van der Waals surface area contributed by atoms with Gasteiger partial charge < -0.3 is 10.4 Å². The van der Waals surface area contributed by atoms with E-state index in [1.807, 2.05) is 20.8 Å². The minimum absolute atomic E-state index is 0.0453. The van der Waals surface area contributed by atoms with Crippen LogP contribution in [0.4, 0.5) is 0 Å². The summed E-state index contributed by atoms with van der Waals surface area (Å²) in [5.41, 5.74) is 0.496. The zero-order valence-corrected chi connectivity index (χ0v) is 13.2. The molecule has 0 bridgehead atoms. The van der Waals surface area contributed by atoms with Crippen LogP contribution in [0.1, 0.15) is 32.4 Å². The van der Waals surface area contributed by atoms with Crippen molar-refractivity contribution in [2.24, 2.45) is 0 Å². The molecule has 0 aliphatic rings. The number of benzene rings is 1. The Hall–Kier alpha value is -1.20. The maximum absolute atomic E-state index is 11.8. The summed E-state index contributed by atoms with van der Waals surface area (Å²) in [4.78, 5) is 23.1. The number of nitrogens with one attached hydrogen (secondary N) is 1. The summed E-state index contributed by atoms with van der Waals surface area (Å²) in [6.07, 6.45) is 0. The Labute approximate surface area is 127 Å². The number of carboxylic acid groups (broad SMARTS) is 1. The van der Waals surface area contributed by atoms with E-state index < -0.39 is 12.0 Å². The summed E-state index contributed by atoms with van der Waals surface area (Å²) in [5.74, 6) is -1.17. The molecule has 110 valence electrons. The molecule has 20 heavy (non-hydrogen) atoms. The molecule has 6 heteroatoms. The van der Waals surface area contributed by atoms with Gasteiger partial charge in [0.25, 0.3) is 0 Å². The van der Waals surface area contributed by atoms with E-state index in [2.05, 4.69) is 5.32 Å². The smallest absolute Gasteiger partial charge is 0.330 e. The monoisotopic (exact) mass is 315 g/mol. The quantitative estimate of drug-likeness (QED) is 0.876. The maximum Gasteiger partial charge on any atom is 0.330 e. The second-order valence-electron chi connectivity index (χ2n) is 5.29. The number of carbonyl (C=O) groups is 2. The molecule has 0 saturated carbocycles. The first-order chi connectivity index (χ1) is 9.19. The zero-order chi connectivity index (χ0) is 15.3. The third-order valence-electron chi connectivity index (χ3n) is 2.39. The second kappa shape index (κ2) is 6.99. The third kappa shape index (κ3) is 5.84. The number of rotatable bonds is 5. The number of carbonyl (C=O) groups excluding carboxylic acids is 1. The fourth-order valence-corrected chi connectivity index (χ4v) is 2.20. The number of amides is 1. The van der Waals surface area contributed by atoms with Crippen molar-refractivity contribution in [2.75, 3.05) is 5.75 Å². The Morgan fingerprint density at radius 1 is 1.30 bits per heavy atom. The molecule has 0 aromatic heterocycles. The van der Waals surface area contributed by atoms with Crippen LogP contribution in [0.15, 0.2) is 24.3 Å². The van der Waals surface area contributed by atoms with Crippen LogP contribution in [0.25, 0.3) is 0 Å². The second-order valence-corrected chi connectivity index (χ2v) is 7.53. The minimum atomic E-state index is -1.10. The Bertz CT molecular complexity index is 482. The zero-order valence-electron chi connectivity index (χ0n) is 11.6. The minimum Gasteiger partial charge on any atom is -0.479 e. The average molecular weight is 316 g/mol. The van der Waals surface area contributed by atoms with Gasteiger partial charge in [0.1, 0.15) is 0 Å². The highest BCUT2D eigenvalue weighted by atomic mass is 35.5. The van der Waals surface area contributed by atoms with Crippen molar-refractivity contribution >= 4 is 35.2 Å². The SMILES string of the molecule is CC(C)(C)SCC(=O)NC(C(=O)O)c1ccc(Cl)cc1. The lowest BCUT2D eigenvalue weighted by Gasteiger charge is -2.19. The van der Waals surface area contributed by atoms with E-state index in [1.54, 1.807) is 24.3 Å². The van der Waals surface area contributed by atoms with Crippen molar-refractivity contribution < 1.29 is 14.7 Å². The largest absolute Gasteiger partial charge is 0.479 e. The van der Waals surface area contributed by atoms with E-state index in [0.29, 0.717) is 10.6 Å². The first-order valence-corrected chi connectivity index (χ1v) is 7.47. The molecule has 0 spiro atoms. The lowest BCUT2D eigenvalue weighted by atomic mass is 10.1. The molecule has 1 atom stereocenters. The van der Waals surface area contributed by atoms with Gasteiger partial charge in [-0.3, -0.25) is 4.79 Å². The Morgan fingerprint density at radius 2 is 1.85 bits per heavy atom. The predicted molar refractivity (Wildman–Crippen MR) is 82.2 cm³/mol. The summed E-state index contributed by atoms with van der Waals surface area (Å²) in [7, 11) is 0. The molecule has 0 aliphatic heterocycles. The lowest BCUT2D eigenvalue weighted by molar-refractivity contribution is -0.141. The van der Waals surface area contributed by atoms with Crippen LogP contribution in [-0.2, 0) is 9.59 Å². The molecular weight excluding hydrogens is 298 g/mol. The summed E-state index contributed by atoms with van der Waals surface area (Å²) in [6, 6.07) is 5.34. The van der Waals surface area contributed by atoms with Crippen molar-refractivity contribution in [1.29, 1.82) is 0 Å². The molecule has 1 aromatic rings. The summed E-state index contributed by atoms with van der Waals surface area (Å²) < 4.78 is -0.0453. The molecule has 0 saturated heterocycles. The standard InChI is InChI=1S/C14H18ClNO3S/c1-14(2,3)20-8-11(17)16-12(13(18)19)9-4-6-10(15)7-5-9/h4-7,12H,8H2,1-3H3,(H,16,17)(H,18,19). The van der Waals surface area contributed by atoms with Gasteiger partial charge in [-0.1, -0.05) is 44.5 Å². The third-order valence-corrected chi connectivity index (χ3v) is 3.92. The van der Waals surface area contributed by atoms with Crippen molar-refractivity contribution in [3.8, 4) is 0 Å². The molecule has 0 fully saturated rings. The molecule has 0 heterocycles. The Morgan fingerprint density at radius 3 is 2.30 bits per heavy atom. The highest BCUT2D eigenvalue weighted by molar-refractivity contribution is 8.01. The van der Waals surface area contributed by atoms with Crippen LogP contribution in [0, 0.1) is 0 Å². The van der Waals surface area contributed by atoms with Crippen LogP contribution < -0.4 is 5.32 Å². The van der Waals surface area contributed by atoms with E-state index in [4.69, 9.17) is 11.6 Å². The highest BCUT2D eigenvalue weighted by Gasteiger charge is 2.23. The number of thioether (sulfide) groups is 1. The van der Waals surface area contributed by atoms with Gasteiger partial charge in [-0.25, -0.2) is 4.79 Å². The van der Waals surface area contributed by atoms with Gasteiger partial charge in [-0.05, 0) is 17.7 Å². The molecule has 1 amide bonds. The van der Waals surface area contributed by atoms with Gasteiger partial charge in [0, 0.05) is 9.77 Å². The van der Waals surface area contributed by atoms with Gasteiger partial charge in [0.15, 0.2) is 6.04 Å². The summed E-state index contributed by atoms with van der Waals surface area (Å²) >= 11 is 7.23. The van der Waals surface area contributed by atoms with Crippen LogP contribution in [0.3, 0.4) is 0 Å². The van der Waals surface area contributed by atoms with Gasteiger partial charge in [-0.2, -0.15) is 0 Å². The van der Waals surface area contributed by atoms with Crippen molar-refractivity contribution in [3.63, 3.8) is 0 Å². The molecule has 0 radical (unpaired) electrons. The van der Waals surface area contributed by atoms with Gasteiger partial charge in [0.05, 0.1) is 5.75 Å². The molecule has 1 unspecified atom stereocenters. The van der Waals surface area contributed by atoms with E-state index in [9.17, 15) is 14.7 Å². The van der Waals surface area contributed by atoms with Crippen molar-refractivity contribution in [3.05, 3.63) is 34.9 Å². The van der Waals surface area contributed by atoms with Crippen molar-refractivity contribution in [1.82, 2.24) is 5.32 Å². The Balaban J connectivity index is 2.71. The fourth-order valence-electron chi connectivity index (χ4n) is 1.43. The number of hydrogen-bond donors (Lipinski definition) is 2. The molecule has 4 nitrogen and oxygen atoms in total.